The number of hydrogen-bond acceptors (Lipinski definition) is 2. The summed E-state index contributed by atoms with van der Waals surface area (Å²) in [4.78, 5) is 14.7. The van der Waals surface area contributed by atoms with Crippen molar-refractivity contribution in [2.75, 3.05) is 26.2 Å². The highest BCUT2D eigenvalue weighted by atomic mass is 16.2. The summed E-state index contributed by atoms with van der Waals surface area (Å²) in [6.07, 6.45) is 7.40. The Morgan fingerprint density at radius 1 is 1.33 bits per heavy atom. The van der Waals surface area contributed by atoms with Gasteiger partial charge in [-0.2, -0.15) is 0 Å². The lowest BCUT2D eigenvalue weighted by atomic mass is 9.83. The van der Waals surface area contributed by atoms with Gasteiger partial charge in [-0.05, 0) is 49.8 Å². The second-order valence-electron chi connectivity index (χ2n) is 5.98. The van der Waals surface area contributed by atoms with Gasteiger partial charge in [0.05, 0.1) is 5.92 Å². The molecule has 2 heterocycles. The second kappa shape index (κ2) is 4.88. The molecule has 0 saturated carbocycles. The summed E-state index contributed by atoms with van der Waals surface area (Å²) in [6.45, 7) is 8.07. The van der Waals surface area contributed by atoms with Crippen LogP contribution >= 0.6 is 0 Å². The first-order chi connectivity index (χ1) is 8.74. The maximum absolute atomic E-state index is 12.6. The van der Waals surface area contributed by atoms with Crippen molar-refractivity contribution < 1.29 is 4.79 Å². The van der Waals surface area contributed by atoms with Gasteiger partial charge in [-0.25, -0.2) is 0 Å². The molecule has 2 bridgehead atoms. The van der Waals surface area contributed by atoms with Gasteiger partial charge >= 0.3 is 0 Å². The third kappa shape index (κ3) is 2.24. The Kier molecular flexibility index (Phi) is 3.25. The van der Waals surface area contributed by atoms with E-state index < -0.39 is 0 Å². The number of nitrogens with zero attached hydrogens (tertiary/aromatic N) is 1. The highest BCUT2D eigenvalue weighted by Gasteiger charge is 2.35. The lowest BCUT2D eigenvalue weighted by Crippen LogP contribution is -2.54. The summed E-state index contributed by atoms with van der Waals surface area (Å²) in [6, 6.07) is 0. The van der Waals surface area contributed by atoms with Crippen molar-refractivity contribution in [3.8, 4) is 0 Å². The molecule has 3 heteroatoms. The number of piperidine rings is 2. The Morgan fingerprint density at radius 3 is 2.72 bits per heavy atom. The number of carbonyl (C=O) groups excluding carboxylic acids is 1. The first-order valence-electron chi connectivity index (χ1n) is 7.09. The minimum atomic E-state index is 0.0433. The Morgan fingerprint density at radius 2 is 2.06 bits per heavy atom. The monoisotopic (exact) mass is 246 g/mol. The molecule has 1 amide bonds. The molecular weight excluding hydrogens is 224 g/mol. The number of hydrogen-bond donors (Lipinski definition) is 1. The summed E-state index contributed by atoms with van der Waals surface area (Å²) in [5.41, 5.74) is 1.00. The zero-order chi connectivity index (χ0) is 12.5. The zero-order valence-electron chi connectivity index (χ0n) is 10.9. The van der Waals surface area contributed by atoms with Gasteiger partial charge < -0.3 is 10.2 Å². The van der Waals surface area contributed by atoms with Gasteiger partial charge in [0, 0.05) is 13.1 Å². The van der Waals surface area contributed by atoms with Crippen LogP contribution in [-0.2, 0) is 4.79 Å². The standard InChI is InChI=1S/C15H22N2O/c1-11-4-2-3-5-14(11)15(18)17-9-12-6-13(10-17)8-16-7-12/h2,4,12-14,16H,1,3,5-10H2/t12?,13?,14-/m1/s1. The highest BCUT2D eigenvalue weighted by molar-refractivity contribution is 5.82. The molecule has 3 aliphatic rings. The smallest absolute Gasteiger partial charge is 0.230 e. The van der Waals surface area contributed by atoms with E-state index in [1.807, 2.05) is 6.08 Å². The Labute approximate surface area is 109 Å². The third-order valence-corrected chi connectivity index (χ3v) is 4.50. The first kappa shape index (κ1) is 12.0. The fourth-order valence-corrected chi connectivity index (χ4v) is 3.59. The van der Waals surface area contributed by atoms with E-state index in [-0.39, 0.29) is 5.92 Å². The van der Waals surface area contributed by atoms with Crippen LogP contribution in [0.2, 0.25) is 0 Å². The van der Waals surface area contributed by atoms with Crippen LogP contribution in [0.25, 0.3) is 0 Å². The Balaban J connectivity index is 1.69. The van der Waals surface area contributed by atoms with E-state index in [9.17, 15) is 4.79 Å². The number of allylic oxidation sites excluding steroid dienone is 2. The number of amides is 1. The van der Waals surface area contributed by atoms with Gasteiger partial charge in [0.2, 0.25) is 5.91 Å². The normalized spacial score (nSPS) is 35.7. The largest absolute Gasteiger partial charge is 0.342 e. The second-order valence-corrected chi connectivity index (χ2v) is 5.98. The van der Waals surface area contributed by atoms with E-state index in [2.05, 4.69) is 22.9 Å². The van der Waals surface area contributed by atoms with Crippen LogP contribution in [0.1, 0.15) is 19.3 Å². The molecule has 0 aromatic heterocycles. The van der Waals surface area contributed by atoms with E-state index in [1.165, 1.54) is 6.42 Å². The molecule has 2 saturated heterocycles. The Hall–Kier alpha value is -1.09. The quantitative estimate of drug-likeness (QED) is 0.762. The molecule has 3 nitrogen and oxygen atoms in total. The molecule has 2 unspecified atom stereocenters. The predicted molar refractivity (Wildman–Crippen MR) is 72.1 cm³/mol. The third-order valence-electron chi connectivity index (χ3n) is 4.50. The minimum absolute atomic E-state index is 0.0433. The van der Waals surface area contributed by atoms with E-state index in [0.29, 0.717) is 17.7 Å². The van der Waals surface area contributed by atoms with Crippen molar-refractivity contribution in [1.29, 1.82) is 0 Å². The van der Waals surface area contributed by atoms with Crippen LogP contribution in [0.3, 0.4) is 0 Å². The number of likely N-dealkylation sites (tertiary alicyclic amines) is 1. The van der Waals surface area contributed by atoms with Crippen LogP contribution < -0.4 is 5.32 Å². The lowest BCUT2D eigenvalue weighted by molar-refractivity contribution is -0.137. The molecule has 0 radical (unpaired) electrons. The lowest BCUT2D eigenvalue weighted by Gasteiger charge is -2.43. The van der Waals surface area contributed by atoms with Crippen LogP contribution in [0, 0.1) is 17.8 Å². The van der Waals surface area contributed by atoms with E-state index in [1.54, 1.807) is 0 Å². The Bertz CT molecular complexity index is 376. The highest BCUT2D eigenvalue weighted by Crippen LogP contribution is 2.29. The molecule has 0 aromatic carbocycles. The molecule has 3 rings (SSSR count). The number of rotatable bonds is 1. The van der Waals surface area contributed by atoms with Crippen LogP contribution in [0.4, 0.5) is 0 Å². The molecule has 2 fully saturated rings. The van der Waals surface area contributed by atoms with Gasteiger partial charge in [0.1, 0.15) is 0 Å². The maximum atomic E-state index is 12.6. The number of fused-ring (bicyclic) bond motifs is 2. The molecule has 0 aromatic rings. The number of carbonyl (C=O) groups is 1. The average Bonchev–Trinajstić information content (AvgIpc) is 2.38. The molecular formula is C15H22N2O. The topological polar surface area (TPSA) is 32.3 Å². The van der Waals surface area contributed by atoms with Crippen molar-refractivity contribution in [2.45, 2.75) is 19.3 Å². The zero-order valence-corrected chi connectivity index (χ0v) is 10.9. The minimum Gasteiger partial charge on any atom is -0.342 e. The summed E-state index contributed by atoms with van der Waals surface area (Å²) < 4.78 is 0. The molecule has 98 valence electrons. The van der Waals surface area contributed by atoms with Crippen molar-refractivity contribution in [1.82, 2.24) is 10.2 Å². The molecule has 18 heavy (non-hydrogen) atoms. The van der Waals surface area contributed by atoms with E-state index in [0.717, 1.165) is 44.6 Å². The van der Waals surface area contributed by atoms with Crippen LogP contribution in [0.15, 0.2) is 24.3 Å². The van der Waals surface area contributed by atoms with Crippen LogP contribution in [-0.4, -0.2) is 37.0 Å². The molecule has 2 aliphatic heterocycles. The summed E-state index contributed by atoms with van der Waals surface area (Å²) in [7, 11) is 0. The van der Waals surface area contributed by atoms with Crippen molar-refractivity contribution >= 4 is 5.91 Å². The van der Waals surface area contributed by atoms with Gasteiger partial charge in [-0.15, -0.1) is 0 Å². The fourth-order valence-electron chi connectivity index (χ4n) is 3.59. The van der Waals surface area contributed by atoms with Gasteiger partial charge in [0.25, 0.3) is 0 Å². The molecule has 1 aliphatic carbocycles. The SMILES string of the molecule is C=C1C=CCC[C@H]1C(=O)N1CC2CNCC(C2)C1. The average molecular weight is 246 g/mol. The summed E-state index contributed by atoms with van der Waals surface area (Å²) >= 11 is 0. The van der Waals surface area contributed by atoms with Gasteiger partial charge in [-0.3, -0.25) is 4.79 Å². The van der Waals surface area contributed by atoms with Crippen molar-refractivity contribution in [2.24, 2.45) is 17.8 Å². The van der Waals surface area contributed by atoms with Crippen molar-refractivity contribution in [3.05, 3.63) is 24.3 Å². The summed E-state index contributed by atoms with van der Waals surface area (Å²) in [5.74, 6) is 1.69. The van der Waals surface area contributed by atoms with Crippen molar-refractivity contribution in [3.63, 3.8) is 0 Å². The summed E-state index contributed by atoms with van der Waals surface area (Å²) in [5, 5.41) is 3.47. The fraction of sp³-hybridized carbons (Fsp3) is 0.667. The van der Waals surface area contributed by atoms with Gasteiger partial charge in [0.15, 0.2) is 0 Å². The number of nitrogens with one attached hydrogen (secondary N) is 1. The van der Waals surface area contributed by atoms with E-state index >= 15 is 0 Å². The molecule has 0 spiro atoms. The molecule has 3 atom stereocenters. The maximum Gasteiger partial charge on any atom is 0.230 e. The molecule has 1 N–H and O–H groups in total. The van der Waals surface area contributed by atoms with E-state index in [4.69, 9.17) is 0 Å². The first-order valence-corrected chi connectivity index (χ1v) is 7.09. The van der Waals surface area contributed by atoms with Crippen LogP contribution in [0.5, 0.6) is 0 Å². The van der Waals surface area contributed by atoms with Gasteiger partial charge in [-0.1, -0.05) is 18.7 Å². The predicted octanol–water partition coefficient (Wildman–Crippen LogP) is 1.58.